The molecular formula is C23H28N6O5. The monoisotopic (exact) mass is 468 g/mol. The van der Waals surface area contributed by atoms with Gasteiger partial charge < -0.3 is 35.5 Å². The average molecular weight is 469 g/mol. The van der Waals surface area contributed by atoms with E-state index in [9.17, 15) is 20.1 Å². The number of hydrogen-bond donors (Lipinski definition) is 6. The normalized spacial score (nSPS) is 29.8. The largest absolute Gasteiger partial charge is 0.394 e. The number of aromatic amines is 1. The summed E-state index contributed by atoms with van der Waals surface area (Å²) in [6.45, 7) is -0.816. The first-order valence-corrected chi connectivity index (χ1v) is 11.8. The van der Waals surface area contributed by atoms with Gasteiger partial charge in [-0.15, -0.1) is 0 Å². The number of aliphatic hydroxyl groups excluding tert-OH is 2. The molecule has 4 saturated carbocycles. The molecule has 0 spiro atoms. The Balaban J connectivity index is 1.32. The van der Waals surface area contributed by atoms with Gasteiger partial charge in [0.1, 0.15) is 5.65 Å². The van der Waals surface area contributed by atoms with Crippen molar-refractivity contribution in [2.75, 3.05) is 18.5 Å². The number of pyridine rings is 1. The predicted molar refractivity (Wildman–Crippen MR) is 121 cm³/mol. The van der Waals surface area contributed by atoms with Gasteiger partial charge in [-0.1, -0.05) is 5.16 Å². The predicted octanol–water partition coefficient (Wildman–Crippen LogP) is 1.05. The molecule has 5 atom stereocenters. The van der Waals surface area contributed by atoms with Crippen molar-refractivity contribution in [1.29, 1.82) is 0 Å². The van der Waals surface area contributed by atoms with E-state index in [-0.39, 0.29) is 17.8 Å². The van der Waals surface area contributed by atoms with E-state index in [0.717, 1.165) is 48.8 Å². The highest BCUT2D eigenvalue weighted by molar-refractivity contribution is 5.97. The van der Waals surface area contributed by atoms with Crippen molar-refractivity contribution in [2.24, 2.45) is 17.8 Å². The molecule has 180 valence electrons. The standard InChI is InChI=1S/C23H28N6O5/c30-9-14(10-31)26-21(32)20-28-22(34-29-20)16-8-25-19-15(1-2-24-19)18(16)27-17-12-3-11-4-13(17)7-23(33,5-11)6-12/h1-2,8,11-14,17,30-31,33H,3-7,9-10H2,(H,26,32)(H2,24,25,27)/t11?,12-,13+,17?,23?. The van der Waals surface area contributed by atoms with Gasteiger partial charge in [-0.05, 0) is 55.9 Å². The molecule has 3 unspecified atom stereocenters. The Morgan fingerprint density at radius 1 is 1.24 bits per heavy atom. The zero-order valence-electron chi connectivity index (χ0n) is 18.6. The molecule has 3 heterocycles. The minimum Gasteiger partial charge on any atom is -0.394 e. The number of nitrogens with zero attached hydrogens (tertiary/aromatic N) is 3. The summed E-state index contributed by atoms with van der Waals surface area (Å²) in [6.07, 6.45) is 8.26. The van der Waals surface area contributed by atoms with Crippen LogP contribution in [0.2, 0.25) is 0 Å². The highest BCUT2D eigenvalue weighted by atomic mass is 16.5. The van der Waals surface area contributed by atoms with Crippen LogP contribution < -0.4 is 10.6 Å². The molecule has 0 radical (unpaired) electrons. The number of carbonyl (C=O) groups is 1. The number of anilines is 1. The molecule has 0 aliphatic heterocycles. The van der Waals surface area contributed by atoms with Crippen LogP contribution in [0.15, 0.2) is 23.0 Å². The molecule has 4 bridgehead atoms. The molecule has 4 fully saturated rings. The molecule has 11 heteroatoms. The maximum atomic E-state index is 12.4. The summed E-state index contributed by atoms with van der Waals surface area (Å²) in [4.78, 5) is 24.3. The Hall–Kier alpha value is -3.02. The van der Waals surface area contributed by atoms with Crippen molar-refractivity contribution in [3.8, 4) is 11.5 Å². The number of aliphatic hydroxyl groups is 3. The molecule has 6 N–H and O–H groups in total. The van der Waals surface area contributed by atoms with Crippen molar-refractivity contribution < 1.29 is 24.6 Å². The van der Waals surface area contributed by atoms with Gasteiger partial charge >= 0.3 is 0 Å². The van der Waals surface area contributed by atoms with Crippen LogP contribution in [-0.2, 0) is 0 Å². The lowest BCUT2D eigenvalue weighted by Crippen LogP contribution is -2.59. The second kappa shape index (κ2) is 8.03. The van der Waals surface area contributed by atoms with Crippen LogP contribution in [0.4, 0.5) is 5.69 Å². The number of rotatable bonds is 7. The molecule has 11 nitrogen and oxygen atoms in total. The fourth-order valence-corrected chi connectivity index (χ4v) is 6.53. The molecule has 4 aliphatic rings. The smallest absolute Gasteiger partial charge is 0.293 e. The molecule has 0 aromatic carbocycles. The molecule has 3 aromatic heterocycles. The van der Waals surface area contributed by atoms with Gasteiger partial charge in [0.2, 0.25) is 0 Å². The Kier molecular flexibility index (Phi) is 5.08. The van der Waals surface area contributed by atoms with E-state index in [1.165, 1.54) is 0 Å². The SMILES string of the molecule is O=C(NC(CO)CO)c1noc(-c2cnc3[nH]ccc3c2NC2[C@@H]3CC4C[C@H]2CC(O)(C4)C3)n1. The summed E-state index contributed by atoms with van der Waals surface area (Å²) < 4.78 is 5.43. The topological polar surface area (TPSA) is 169 Å². The number of nitrogens with one attached hydrogen (secondary N) is 3. The van der Waals surface area contributed by atoms with E-state index in [1.807, 2.05) is 12.3 Å². The molecular weight excluding hydrogens is 440 g/mol. The van der Waals surface area contributed by atoms with E-state index in [2.05, 4.69) is 30.7 Å². The van der Waals surface area contributed by atoms with Gasteiger partial charge in [-0.2, -0.15) is 4.98 Å². The number of aromatic nitrogens is 4. The Bertz CT molecular complexity index is 1200. The van der Waals surface area contributed by atoms with Gasteiger partial charge in [0.05, 0.1) is 36.1 Å². The number of carbonyl (C=O) groups excluding carboxylic acids is 1. The van der Waals surface area contributed by atoms with Crippen molar-refractivity contribution in [3.63, 3.8) is 0 Å². The van der Waals surface area contributed by atoms with E-state index in [4.69, 9.17) is 4.52 Å². The summed E-state index contributed by atoms with van der Waals surface area (Å²) in [7, 11) is 0. The first-order chi connectivity index (χ1) is 16.5. The summed E-state index contributed by atoms with van der Waals surface area (Å²) in [5.74, 6) is 0.688. The third-order valence-electron chi connectivity index (χ3n) is 7.77. The number of fused-ring (bicyclic) bond motifs is 1. The summed E-state index contributed by atoms with van der Waals surface area (Å²) in [5.41, 5.74) is 1.61. The van der Waals surface area contributed by atoms with Crippen molar-refractivity contribution in [1.82, 2.24) is 25.4 Å². The lowest BCUT2D eigenvalue weighted by atomic mass is 9.52. The quantitative estimate of drug-likeness (QED) is 0.297. The fourth-order valence-electron chi connectivity index (χ4n) is 6.53. The first-order valence-electron chi connectivity index (χ1n) is 11.8. The minimum absolute atomic E-state index is 0.148. The van der Waals surface area contributed by atoms with E-state index in [1.54, 1.807) is 6.20 Å². The Morgan fingerprint density at radius 3 is 2.71 bits per heavy atom. The summed E-state index contributed by atoms with van der Waals surface area (Å²) in [6, 6.07) is 1.35. The summed E-state index contributed by atoms with van der Waals surface area (Å²) >= 11 is 0. The number of amides is 1. The van der Waals surface area contributed by atoms with Crippen LogP contribution in [0.3, 0.4) is 0 Å². The van der Waals surface area contributed by atoms with E-state index >= 15 is 0 Å². The van der Waals surface area contributed by atoms with Gasteiger partial charge in [0.25, 0.3) is 17.6 Å². The maximum Gasteiger partial charge on any atom is 0.293 e. The second-order valence-corrected chi connectivity index (χ2v) is 10.1. The van der Waals surface area contributed by atoms with E-state index < -0.39 is 30.8 Å². The molecule has 34 heavy (non-hydrogen) atoms. The van der Waals surface area contributed by atoms with Crippen LogP contribution >= 0.6 is 0 Å². The highest BCUT2D eigenvalue weighted by Crippen LogP contribution is 2.56. The van der Waals surface area contributed by atoms with Crippen LogP contribution in [0, 0.1) is 17.8 Å². The minimum atomic E-state index is -0.809. The van der Waals surface area contributed by atoms with Crippen molar-refractivity contribution in [3.05, 3.63) is 24.3 Å². The third-order valence-corrected chi connectivity index (χ3v) is 7.77. The van der Waals surface area contributed by atoms with Crippen LogP contribution in [0.1, 0.15) is 42.7 Å². The highest BCUT2D eigenvalue weighted by Gasteiger charge is 2.54. The lowest BCUT2D eigenvalue weighted by Gasteiger charge is -2.58. The van der Waals surface area contributed by atoms with E-state index in [0.29, 0.717) is 23.3 Å². The van der Waals surface area contributed by atoms with Crippen molar-refractivity contribution >= 4 is 22.6 Å². The summed E-state index contributed by atoms with van der Waals surface area (Å²) in [5, 5.41) is 40.3. The fraction of sp³-hybridized carbons (Fsp3) is 0.565. The Labute approximate surface area is 195 Å². The molecule has 7 rings (SSSR count). The molecule has 4 aliphatic carbocycles. The van der Waals surface area contributed by atoms with Gasteiger partial charge in [-0.3, -0.25) is 4.79 Å². The second-order valence-electron chi connectivity index (χ2n) is 10.1. The average Bonchev–Trinajstić information content (AvgIpc) is 3.48. The van der Waals surface area contributed by atoms with Gasteiger partial charge in [-0.25, -0.2) is 4.98 Å². The van der Waals surface area contributed by atoms with Gasteiger partial charge in [0.15, 0.2) is 0 Å². The molecule has 0 saturated heterocycles. The molecule has 3 aromatic rings. The van der Waals surface area contributed by atoms with Gasteiger partial charge in [0, 0.05) is 23.8 Å². The van der Waals surface area contributed by atoms with Crippen LogP contribution in [-0.4, -0.2) is 72.2 Å². The zero-order chi connectivity index (χ0) is 23.4. The maximum absolute atomic E-state index is 12.4. The third kappa shape index (κ3) is 3.55. The van der Waals surface area contributed by atoms with Crippen molar-refractivity contribution in [2.45, 2.75) is 49.8 Å². The lowest BCUT2D eigenvalue weighted by molar-refractivity contribution is -0.129. The van der Waals surface area contributed by atoms with Crippen LogP contribution in [0.5, 0.6) is 0 Å². The zero-order valence-corrected chi connectivity index (χ0v) is 18.6. The Morgan fingerprint density at radius 2 is 2.00 bits per heavy atom. The van der Waals surface area contributed by atoms with Crippen LogP contribution in [0.25, 0.3) is 22.5 Å². The first kappa shape index (κ1) is 21.5. The molecule has 1 amide bonds. The number of hydrogen-bond acceptors (Lipinski definition) is 9. The number of H-pyrrole nitrogens is 1.